The van der Waals surface area contributed by atoms with Crippen molar-refractivity contribution in [3.05, 3.63) is 40.7 Å². The number of hydrogen-bond donors (Lipinski definition) is 1. The van der Waals surface area contributed by atoms with E-state index in [1.807, 2.05) is 0 Å². The second kappa shape index (κ2) is 6.76. The minimum atomic E-state index is -0.719. The molecule has 18 heavy (non-hydrogen) atoms. The van der Waals surface area contributed by atoms with Gasteiger partial charge in [0.05, 0.1) is 12.3 Å². The molecule has 0 aliphatic heterocycles. The number of carbonyl (C=O) groups is 1. The summed E-state index contributed by atoms with van der Waals surface area (Å²) in [5, 5.41) is 17.3. The molecule has 0 aliphatic rings. The summed E-state index contributed by atoms with van der Waals surface area (Å²) in [5.41, 5.74) is 0.252. The quantitative estimate of drug-likeness (QED) is 0.391. The number of aliphatic hydroxyl groups excluding tert-OH is 1. The standard InChI is InChI=1S/C12H13ClN2O3/c1-3-18-12(17)11(8(2)16)15-14-10-6-4-5-9(13)7-10/h4-7,16H,3H2,1-2H3/b11-8+,15-14?. The summed E-state index contributed by atoms with van der Waals surface area (Å²) in [6, 6.07) is 6.65. The Bertz CT molecular complexity index is 494. The Labute approximate surface area is 110 Å². The molecule has 1 aromatic rings. The van der Waals surface area contributed by atoms with Gasteiger partial charge in [-0.15, -0.1) is 5.11 Å². The molecule has 1 N–H and O–H groups in total. The first kappa shape index (κ1) is 14.2. The molecule has 1 aromatic carbocycles. The van der Waals surface area contributed by atoms with Gasteiger partial charge < -0.3 is 9.84 Å². The van der Waals surface area contributed by atoms with Crippen molar-refractivity contribution in [1.29, 1.82) is 0 Å². The zero-order valence-corrected chi connectivity index (χ0v) is 10.8. The van der Waals surface area contributed by atoms with Gasteiger partial charge in [-0.3, -0.25) is 0 Å². The molecule has 0 spiro atoms. The van der Waals surface area contributed by atoms with Crippen molar-refractivity contribution < 1.29 is 14.6 Å². The van der Waals surface area contributed by atoms with Gasteiger partial charge in [0.25, 0.3) is 0 Å². The van der Waals surface area contributed by atoms with E-state index < -0.39 is 5.97 Å². The number of aliphatic hydroxyl groups is 1. The predicted molar refractivity (Wildman–Crippen MR) is 67.9 cm³/mol. The lowest BCUT2D eigenvalue weighted by atomic mass is 10.3. The van der Waals surface area contributed by atoms with Gasteiger partial charge in [-0.25, -0.2) is 4.79 Å². The van der Waals surface area contributed by atoms with Gasteiger partial charge in [0.1, 0.15) is 5.76 Å². The molecule has 0 unspecified atom stereocenters. The van der Waals surface area contributed by atoms with Gasteiger partial charge in [0.15, 0.2) is 0 Å². The normalized spacial score (nSPS) is 12.4. The van der Waals surface area contributed by atoms with E-state index in [1.165, 1.54) is 6.92 Å². The fraction of sp³-hybridized carbons (Fsp3) is 0.250. The lowest BCUT2D eigenvalue weighted by molar-refractivity contribution is -0.138. The Hall–Kier alpha value is -1.88. The Morgan fingerprint density at radius 2 is 2.22 bits per heavy atom. The highest BCUT2D eigenvalue weighted by atomic mass is 35.5. The molecular formula is C12H13ClN2O3. The van der Waals surface area contributed by atoms with E-state index in [0.29, 0.717) is 10.7 Å². The number of rotatable bonds is 4. The number of azo groups is 1. The van der Waals surface area contributed by atoms with E-state index in [-0.39, 0.29) is 18.1 Å². The predicted octanol–water partition coefficient (Wildman–Crippen LogP) is 3.78. The Kier molecular flexibility index (Phi) is 5.32. The summed E-state index contributed by atoms with van der Waals surface area (Å²) in [6.45, 7) is 3.20. The van der Waals surface area contributed by atoms with Crippen LogP contribution in [0.25, 0.3) is 0 Å². The minimum absolute atomic E-state index is 0.197. The summed E-state index contributed by atoms with van der Waals surface area (Å²) in [4.78, 5) is 11.5. The third-order valence-electron chi connectivity index (χ3n) is 1.89. The smallest absolute Gasteiger partial charge is 0.362 e. The molecule has 0 saturated heterocycles. The van der Waals surface area contributed by atoms with Crippen molar-refractivity contribution in [3.8, 4) is 0 Å². The van der Waals surface area contributed by atoms with Crippen LogP contribution in [0.15, 0.2) is 46.0 Å². The molecular weight excluding hydrogens is 256 g/mol. The molecule has 0 saturated carbocycles. The molecule has 5 nitrogen and oxygen atoms in total. The van der Waals surface area contributed by atoms with Gasteiger partial charge >= 0.3 is 5.97 Å². The maximum absolute atomic E-state index is 11.5. The molecule has 96 valence electrons. The van der Waals surface area contributed by atoms with Crippen molar-refractivity contribution in [3.63, 3.8) is 0 Å². The zero-order valence-electron chi connectivity index (χ0n) is 10.1. The van der Waals surface area contributed by atoms with E-state index in [4.69, 9.17) is 16.3 Å². The second-order valence-corrected chi connectivity index (χ2v) is 3.77. The monoisotopic (exact) mass is 268 g/mol. The van der Waals surface area contributed by atoms with Crippen LogP contribution in [0.2, 0.25) is 5.02 Å². The molecule has 0 bridgehead atoms. The summed E-state index contributed by atoms with van der Waals surface area (Å²) in [6.07, 6.45) is 0. The van der Waals surface area contributed by atoms with Crippen LogP contribution >= 0.6 is 11.6 Å². The van der Waals surface area contributed by atoms with Crippen molar-refractivity contribution >= 4 is 23.3 Å². The third kappa shape index (κ3) is 4.18. The number of allylic oxidation sites excluding steroid dienone is 1. The van der Waals surface area contributed by atoms with Gasteiger partial charge in [0.2, 0.25) is 5.70 Å². The lowest BCUT2D eigenvalue weighted by Gasteiger charge is -2.01. The van der Waals surface area contributed by atoms with E-state index in [1.54, 1.807) is 31.2 Å². The van der Waals surface area contributed by atoms with Gasteiger partial charge in [-0.05, 0) is 32.0 Å². The fourth-order valence-electron chi connectivity index (χ4n) is 1.11. The third-order valence-corrected chi connectivity index (χ3v) is 2.12. The first-order valence-electron chi connectivity index (χ1n) is 5.29. The Morgan fingerprint density at radius 1 is 1.50 bits per heavy atom. The number of hydrogen-bond acceptors (Lipinski definition) is 5. The number of carbonyl (C=O) groups excluding carboxylic acids is 1. The van der Waals surface area contributed by atoms with Crippen LogP contribution in [0, 0.1) is 0 Å². The number of nitrogens with zero attached hydrogens (tertiary/aromatic N) is 2. The fourth-order valence-corrected chi connectivity index (χ4v) is 1.29. The van der Waals surface area contributed by atoms with Crippen LogP contribution in [0.5, 0.6) is 0 Å². The van der Waals surface area contributed by atoms with Gasteiger partial charge in [-0.1, -0.05) is 17.7 Å². The number of esters is 1. The Morgan fingerprint density at radius 3 is 2.78 bits per heavy atom. The highest BCUT2D eigenvalue weighted by Crippen LogP contribution is 2.19. The van der Waals surface area contributed by atoms with Crippen molar-refractivity contribution in [2.45, 2.75) is 13.8 Å². The lowest BCUT2D eigenvalue weighted by Crippen LogP contribution is -2.07. The zero-order chi connectivity index (χ0) is 13.5. The summed E-state index contributed by atoms with van der Waals surface area (Å²) in [7, 11) is 0. The number of halogens is 1. The molecule has 0 aromatic heterocycles. The van der Waals surface area contributed by atoms with E-state index >= 15 is 0 Å². The highest BCUT2D eigenvalue weighted by Gasteiger charge is 2.13. The molecule has 0 radical (unpaired) electrons. The average molecular weight is 269 g/mol. The SMILES string of the molecule is CCOC(=O)/C(N=Nc1cccc(Cl)c1)=C(/C)O. The van der Waals surface area contributed by atoms with Crippen molar-refractivity contribution in [2.75, 3.05) is 6.61 Å². The first-order valence-corrected chi connectivity index (χ1v) is 5.66. The topological polar surface area (TPSA) is 71.2 Å². The molecule has 6 heteroatoms. The van der Waals surface area contributed by atoms with Crippen LogP contribution in [-0.4, -0.2) is 17.7 Å². The number of ether oxygens (including phenoxy) is 1. The summed E-state index contributed by atoms with van der Waals surface area (Å²) < 4.78 is 4.74. The minimum Gasteiger partial charge on any atom is -0.510 e. The van der Waals surface area contributed by atoms with Gasteiger partial charge in [-0.2, -0.15) is 5.11 Å². The second-order valence-electron chi connectivity index (χ2n) is 3.33. The molecule has 0 fully saturated rings. The summed E-state index contributed by atoms with van der Waals surface area (Å²) >= 11 is 5.78. The highest BCUT2D eigenvalue weighted by molar-refractivity contribution is 6.30. The van der Waals surface area contributed by atoms with E-state index in [9.17, 15) is 9.90 Å². The van der Waals surface area contributed by atoms with Gasteiger partial charge in [0, 0.05) is 5.02 Å². The molecule has 0 aliphatic carbocycles. The largest absolute Gasteiger partial charge is 0.510 e. The molecule has 0 heterocycles. The first-order chi connectivity index (χ1) is 8.54. The maximum Gasteiger partial charge on any atom is 0.362 e. The van der Waals surface area contributed by atoms with E-state index in [2.05, 4.69) is 10.2 Å². The van der Waals surface area contributed by atoms with Crippen molar-refractivity contribution in [2.24, 2.45) is 10.2 Å². The average Bonchev–Trinajstić information content (AvgIpc) is 2.29. The summed E-state index contributed by atoms with van der Waals surface area (Å²) in [5.74, 6) is -0.970. The molecule has 1 rings (SSSR count). The van der Waals surface area contributed by atoms with Crippen LogP contribution in [-0.2, 0) is 9.53 Å². The number of benzene rings is 1. The Balaban J connectivity index is 2.92. The van der Waals surface area contributed by atoms with E-state index in [0.717, 1.165) is 0 Å². The maximum atomic E-state index is 11.5. The van der Waals surface area contributed by atoms with Crippen molar-refractivity contribution in [1.82, 2.24) is 0 Å². The van der Waals surface area contributed by atoms with Crippen LogP contribution in [0.4, 0.5) is 5.69 Å². The van der Waals surface area contributed by atoms with Crippen LogP contribution in [0.3, 0.4) is 0 Å². The molecule has 0 amide bonds. The van der Waals surface area contributed by atoms with Crippen LogP contribution < -0.4 is 0 Å². The molecule has 0 atom stereocenters. The van der Waals surface area contributed by atoms with Crippen LogP contribution in [0.1, 0.15) is 13.8 Å².